The third-order valence-corrected chi connectivity index (χ3v) is 4.79. The van der Waals surface area contributed by atoms with Gasteiger partial charge in [-0.25, -0.2) is 18.4 Å². The van der Waals surface area contributed by atoms with Gasteiger partial charge in [0.15, 0.2) is 0 Å². The van der Waals surface area contributed by atoms with Crippen LogP contribution in [-0.2, 0) is 17.1 Å². The number of benzene rings is 1. The van der Waals surface area contributed by atoms with Crippen molar-refractivity contribution in [2.45, 2.75) is 4.90 Å². The largest absolute Gasteiger partial charge is 0.334 e. The van der Waals surface area contributed by atoms with Gasteiger partial charge in [-0.05, 0) is 24.3 Å². The SMILES string of the molecule is Cn1ccnc1-c1cccc(NS(=O)(=O)c2ccc(Cl)nc2)c1. The quantitative estimate of drug-likeness (QED) is 0.735. The number of aromatic nitrogens is 3. The molecule has 0 spiro atoms. The number of hydrogen-bond acceptors (Lipinski definition) is 4. The van der Waals surface area contributed by atoms with E-state index in [0.29, 0.717) is 5.69 Å². The van der Waals surface area contributed by atoms with Crippen LogP contribution in [-0.4, -0.2) is 23.0 Å². The summed E-state index contributed by atoms with van der Waals surface area (Å²) in [7, 11) is -1.85. The number of rotatable bonds is 4. The molecule has 2 aromatic heterocycles. The van der Waals surface area contributed by atoms with Crippen molar-refractivity contribution in [1.29, 1.82) is 0 Å². The minimum atomic E-state index is -3.72. The van der Waals surface area contributed by atoms with Crippen molar-refractivity contribution in [3.05, 3.63) is 60.1 Å². The Hall–Kier alpha value is -2.38. The van der Waals surface area contributed by atoms with Gasteiger partial charge in [-0.3, -0.25) is 4.72 Å². The smallest absolute Gasteiger partial charge is 0.263 e. The van der Waals surface area contributed by atoms with Crippen molar-refractivity contribution in [1.82, 2.24) is 14.5 Å². The molecular weight excluding hydrogens is 336 g/mol. The van der Waals surface area contributed by atoms with E-state index in [-0.39, 0.29) is 10.0 Å². The summed E-state index contributed by atoms with van der Waals surface area (Å²) in [5.41, 5.74) is 1.26. The maximum Gasteiger partial charge on any atom is 0.263 e. The fraction of sp³-hybridized carbons (Fsp3) is 0.0667. The summed E-state index contributed by atoms with van der Waals surface area (Å²) < 4.78 is 29.1. The van der Waals surface area contributed by atoms with Crippen molar-refractivity contribution in [2.75, 3.05) is 4.72 Å². The number of nitrogens with one attached hydrogen (secondary N) is 1. The van der Waals surface area contributed by atoms with E-state index in [9.17, 15) is 8.42 Å². The van der Waals surface area contributed by atoms with E-state index in [1.165, 1.54) is 18.3 Å². The first-order chi connectivity index (χ1) is 11.0. The van der Waals surface area contributed by atoms with Crippen molar-refractivity contribution in [3.63, 3.8) is 0 Å². The molecule has 0 aliphatic heterocycles. The predicted octanol–water partition coefficient (Wildman–Crippen LogP) is 2.94. The average Bonchev–Trinajstić information content (AvgIpc) is 2.94. The molecule has 0 bridgehead atoms. The molecule has 3 aromatic rings. The molecule has 118 valence electrons. The summed E-state index contributed by atoms with van der Waals surface area (Å²) >= 11 is 5.68. The van der Waals surface area contributed by atoms with Gasteiger partial charge in [0.25, 0.3) is 10.0 Å². The summed E-state index contributed by atoms with van der Waals surface area (Å²) in [5, 5.41) is 0.237. The lowest BCUT2D eigenvalue weighted by Crippen LogP contribution is -2.13. The van der Waals surface area contributed by atoms with Gasteiger partial charge in [-0.1, -0.05) is 23.7 Å². The van der Waals surface area contributed by atoms with Crippen LogP contribution in [0.1, 0.15) is 0 Å². The zero-order valence-electron chi connectivity index (χ0n) is 12.1. The van der Waals surface area contributed by atoms with Crippen LogP contribution >= 0.6 is 11.6 Å². The van der Waals surface area contributed by atoms with Crippen LogP contribution in [0.3, 0.4) is 0 Å². The summed E-state index contributed by atoms with van der Waals surface area (Å²) in [5.74, 6) is 0.749. The third kappa shape index (κ3) is 3.35. The zero-order chi connectivity index (χ0) is 16.4. The van der Waals surface area contributed by atoms with E-state index >= 15 is 0 Å². The summed E-state index contributed by atoms with van der Waals surface area (Å²) in [6.07, 6.45) is 4.73. The minimum absolute atomic E-state index is 0.0456. The Morgan fingerprint density at radius 3 is 2.65 bits per heavy atom. The van der Waals surface area contributed by atoms with E-state index in [2.05, 4.69) is 14.7 Å². The van der Waals surface area contributed by atoms with E-state index < -0.39 is 10.0 Å². The molecule has 0 atom stereocenters. The summed E-state index contributed by atoms with van der Waals surface area (Å²) in [6, 6.07) is 9.86. The van der Waals surface area contributed by atoms with Gasteiger partial charge in [0, 0.05) is 36.9 Å². The summed E-state index contributed by atoms with van der Waals surface area (Å²) in [4.78, 5) is 8.09. The maximum atomic E-state index is 12.4. The first kappa shape index (κ1) is 15.5. The Balaban J connectivity index is 1.91. The molecule has 0 aliphatic rings. The van der Waals surface area contributed by atoms with Gasteiger partial charge < -0.3 is 4.57 Å². The lowest BCUT2D eigenvalue weighted by molar-refractivity contribution is 0.601. The Morgan fingerprint density at radius 2 is 2.00 bits per heavy atom. The van der Waals surface area contributed by atoms with E-state index in [0.717, 1.165) is 11.4 Å². The number of sulfonamides is 1. The number of nitrogens with zero attached hydrogens (tertiary/aromatic N) is 3. The minimum Gasteiger partial charge on any atom is -0.334 e. The Labute approximate surface area is 138 Å². The molecule has 6 nitrogen and oxygen atoms in total. The summed E-state index contributed by atoms with van der Waals surface area (Å²) in [6.45, 7) is 0. The molecule has 1 N–H and O–H groups in total. The highest BCUT2D eigenvalue weighted by atomic mass is 35.5. The van der Waals surface area contributed by atoms with E-state index in [1.54, 1.807) is 24.4 Å². The van der Waals surface area contributed by atoms with Gasteiger partial charge in [0.05, 0.1) is 0 Å². The molecule has 1 aromatic carbocycles. The first-order valence-corrected chi connectivity index (χ1v) is 8.54. The number of imidazole rings is 1. The van der Waals surface area contributed by atoms with Crippen molar-refractivity contribution >= 4 is 27.3 Å². The Kier molecular flexibility index (Phi) is 4.06. The topological polar surface area (TPSA) is 76.9 Å². The van der Waals surface area contributed by atoms with Gasteiger partial charge in [0.1, 0.15) is 15.9 Å². The Morgan fingerprint density at radius 1 is 1.17 bits per heavy atom. The van der Waals surface area contributed by atoms with Gasteiger partial charge >= 0.3 is 0 Å². The highest BCUT2D eigenvalue weighted by Crippen LogP contribution is 2.23. The first-order valence-electron chi connectivity index (χ1n) is 6.68. The number of pyridine rings is 1. The number of aryl methyl sites for hydroxylation is 1. The number of anilines is 1. The molecule has 3 rings (SSSR count). The predicted molar refractivity (Wildman–Crippen MR) is 88.7 cm³/mol. The van der Waals surface area contributed by atoms with Crippen LogP contribution in [0.15, 0.2) is 59.9 Å². The van der Waals surface area contributed by atoms with Gasteiger partial charge in [-0.15, -0.1) is 0 Å². The molecule has 0 aliphatic carbocycles. The second-order valence-corrected chi connectivity index (χ2v) is 6.93. The molecule has 0 saturated carbocycles. The molecule has 23 heavy (non-hydrogen) atoms. The van der Waals surface area contributed by atoms with E-state index in [4.69, 9.17) is 11.6 Å². The average molecular weight is 349 g/mol. The second kappa shape index (κ2) is 6.02. The Bertz CT molecular complexity index is 936. The molecule has 8 heteroatoms. The highest BCUT2D eigenvalue weighted by molar-refractivity contribution is 7.92. The fourth-order valence-electron chi connectivity index (χ4n) is 2.10. The third-order valence-electron chi connectivity index (χ3n) is 3.20. The van der Waals surface area contributed by atoms with Crippen LogP contribution in [0, 0.1) is 0 Å². The van der Waals surface area contributed by atoms with Crippen LogP contribution in [0.4, 0.5) is 5.69 Å². The molecular formula is C15H13ClN4O2S. The lowest BCUT2D eigenvalue weighted by Gasteiger charge is -2.09. The fourth-order valence-corrected chi connectivity index (χ4v) is 3.21. The van der Waals surface area contributed by atoms with E-state index in [1.807, 2.05) is 23.9 Å². The zero-order valence-corrected chi connectivity index (χ0v) is 13.7. The molecule has 0 unspecified atom stereocenters. The lowest BCUT2D eigenvalue weighted by atomic mass is 10.2. The highest BCUT2D eigenvalue weighted by Gasteiger charge is 2.15. The normalized spacial score (nSPS) is 11.4. The van der Waals surface area contributed by atoms with Gasteiger partial charge in [-0.2, -0.15) is 0 Å². The number of halogens is 1. The molecule has 0 amide bonds. The second-order valence-electron chi connectivity index (χ2n) is 4.86. The van der Waals surface area contributed by atoms with Crippen molar-refractivity contribution < 1.29 is 8.42 Å². The molecule has 0 radical (unpaired) electrons. The molecule has 2 heterocycles. The molecule has 0 saturated heterocycles. The van der Waals surface area contributed by atoms with Gasteiger partial charge in [0.2, 0.25) is 0 Å². The van der Waals surface area contributed by atoms with Crippen LogP contribution in [0.2, 0.25) is 5.15 Å². The van der Waals surface area contributed by atoms with Crippen molar-refractivity contribution in [2.24, 2.45) is 7.05 Å². The van der Waals surface area contributed by atoms with Crippen molar-refractivity contribution in [3.8, 4) is 11.4 Å². The molecule has 0 fully saturated rings. The maximum absolute atomic E-state index is 12.4. The number of hydrogen-bond donors (Lipinski definition) is 1. The van der Waals surface area contributed by atoms with Crippen LogP contribution in [0.5, 0.6) is 0 Å². The van der Waals surface area contributed by atoms with Crippen LogP contribution < -0.4 is 4.72 Å². The monoisotopic (exact) mass is 348 g/mol. The van der Waals surface area contributed by atoms with Crippen LogP contribution in [0.25, 0.3) is 11.4 Å². The standard InChI is InChI=1S/C15H13ClN4O2S/c1-20-8-7-17-15(20)11-3-2-4-12(9-11)19-23(21,22)13-5-6-14(16)18-10-13/h2-10,19H,1H3.